The van der Waals surface area contributed by atoms with E-state index in [9.17, 15) is 4.79 Å². The van der Waals surface area contributed by atoms with E-state index in [1.807, 2.05) is 11.3 Å². The average molecular weight is 374 g/mol. The van der Waals surface area contributed by atoms with Crippen LogP contribution < -0.4 is 5.32 Å². The highest BCUT2D eigenvalue weighted by Crippen LogP contribution is 2.25. The number of nitrogens with zero attached hydrogens (tertiary/aromatic N) is 3. The van der Waals surface area contributed by atoms with E-state index in [0.717, 1.165) is 63.2 Å². The molecule has 1 amide bonds. The highest BCUT2D eigenvalue weighted by Gasteiger charge is 2.27. The molecule has 0 saturated carbocycles. The summed E-state index contributed by atoms with van der Waals surface area (Å²) in [6, 6.07) is 2.44. The smallest absolute Gasteiger partial charge is 0.272 e. The van der Waals surface area contributed by atoms with Crippen molar-refractivity contribution in [2.45, 2.75) is 45.3 Å². The van der Waals surface area contributed by atoms with Crippen molar-refractivity contribution in [2.24, 2.45) is 0 Å². The Labute approximate surface area is 158 Å². The van der Waals surface area contributed by atoms with Crippen LogP contribution in [-0.2, 0) is 19.5 Å². The van der Waals surface area contributed by atoms with Crippen LogP contribution in [0.4, 0.5) is 0 Å². The quantitative estimate of drug-likeness (QED) is 0.862. The van der Waals surface area contributed by atoms with Gasteiger partial charge >= 0.3 is 0 Å². The number of aromatic nitrogens is 2. The number of carbonyl (C=O) groups is 1. The summed E-state index contributed by atoms with van der Waals surface area (Å²) in [6.45, 7) is 6.99. The molecule has 6 nitrogen and oxygen atoms in total. The number of hydrogen-bond donors (Lipinski definition) is 2. The van der Waals surface area contributed by atoms with Gasteiger partial charge in [-0.05, 0) is 56.9 Å². The van der Waals surface area contributed by atoms with E-state index in [2.05, 4.69) is 50.7 Å². The predicted molar refractivity (Wildman–Crippen MR) is 103 cm³/mol. The van der Waals surface area contributed by atoms with Gasteiger partial charge in [0.05, 0.1) is 0 Å². The summed E-state index contributed by atoms with van der Waals surface area (Å²) in [6.07, 6.45) is 2.95. The van der Waals surface area contributed by atoms with Gasteiger partial charge in [0.15, 0.2) is 5.69 Å². The molecule has 0 atom stereocenters. The molecule has 2 aromatic rings. The molecule has 7 heteroatoms. The van der Waals surface area contributed by atoms with Crippen LogP contribution >= 0.6 is 11.3 Å². The van der Waals surface area contributed by atoms with Gasteiger partial charge in [0.25, 0.3) is 5.91 Å². The predicted octanol–water partition coefficient (Wildman–Crippen LogP) is 2.16. The van der Waals surface area contributed by atoms with Crippen LogP contribution in [-0.4, -0.2) is 58.6 Å². The van der Waals surface area contributed by atoms with Crippen molar-refractivity contribution in [2.75, 3.05) is 26.7 Å². The molecule has 0 aliphatic carbocycles. The third-order valence-electron chi connectivity index (χ3n) is 5.62. The largest absolute Gasteiger partial charge is 0.348 e. The zero-order valence-corrected chi connectivity index (χ0v) is 16.4. The topological polar surface area (TPSA) is 64.3 Å². The molecule has 4 heterocycles. The van der Waals surface area contributed by atoms with Crippen molar-refractivity contribution in [3.63, 3.8) is 0 Å². The standard InChI is InChI=1S/C19H27N5OS/c1-13-6-10-26-17(13)12-24-9-5-16-15(11-24)18(22-21-16)19(25)20-14-3-7-23(2)8-4-14/h6,10,14H,3-5,7-9,11-12H2,1-2H3,(H,20,25)(H,21,22). The molecular weight excluding hydrogens is 346 g/mol. The van der Waals surface area contributed by atoms with E-state index >= 15 is 0 Å². The number of rotatable bonds is 4. The maximum atomic E-state index is 12.8. The number of aromatic amines is 1. The summed E-state index contributed by atoms with van der Waals surface area (Å²) in [4.78, 5) is 18.9. The van der Waals surface area contributed by atoms with Crippen molar-refractivity contribution in [1.29, 1.82) is 0 Å². The lowest BCUT2D eigenvalue weighted by Crippen LogP contribution is -2.43. The van der Waals surface area contributed by atoms with Gasteiger partial charge in [-0.25, -0.2) is 0 Å². The summed E-state index contributed by atoms with van der Waals surface area (Å²) in [5, 5.41) is 12.8. The van der Waals surface area contributed by atoms with E-state index in [1.54, 1.807) is 0 Å². The van der Waals surface area contributed by atoms with Gasteiger partial charge in [0, 0.05) is 48.2 Å². The highest BCUT2D eigenvalue weighted by atomic mass is 32.1. The van der Waals surface area contributed by atoms with Gasteiger partial charge in [0.2, 0.25) is 0 Å². The fraction of sp³-hybridized carbons (Fsp3) is 0.579. The second kappa shape index (κ2) is 7.50. The van der Waals surface area contributed by atoms with Crippen LogP contribution in [0, 0.1) is 6.92 Å². The second-order valence-corrected chi connectivity index (χ2v) is 8.57. The Balaban J connectivity index is 1.43. The molecule has 0 radical (unpaired) electrons. The van der Waals surface area contributed by atoms with Gasteiger partial charge in [-0.3, -0.25) is 14.8 Å². The van der Waals surface area contributed by atoms with E-state index in [4.69, 9.17) is 0 Å². The molecule has 0 spiro atoms. The fourth-order valence-corrected chi connectivity index (χ4v) is 4.80. The highest BCUT2D eigenvalue weighted by molar-refractivity contribution is 7.10. The lowest BCUT2D eigenvalue weighted by molar-refractivity contribution is 0.0909. The molecule has 2 aliphatic rings. The monoisotopic (exact) mass is 373 g/mol. The fourth-order valence-electron chi connectivity index (χ4n) is 3.85. The first kappa shape index (κ1) is 17.7. The van der Waals surface area contributed by atoms with E-state index in [0.29, 0.717) is 5.69 Å². The third kappa shape index (κ3) is 3.70. The molecule has 1 fully saturated rings. The maximum absolute atomic E-state index is 12.8. The minimum atomic E-state index is -0.0220. The van der Waals surface area contributed by atoms with Crippen LogP contribution in [0.2, 0.25) is 0 Å². The summed E-state index contributed by atoms with van der Waals surface area (Å²) in [7, 11) is 2.13. The zero-order chi connectivity index (χ0) is 18.1. The zero-order valence-electron chi connectivity index (χ0n) is 15.5. The summed E-state index contributed by atoms with van der Waals surface area (Å²) in [5.74, 6) is -0.0220. The van der Waals surface area contributed by atoms with Crippen molar-refractivity contribution in [1.82, 2.24) is 25.3 Å². The van der Waals surface area contributed by atoms with Gasteiger partial charge in [-0.15, -0.1) is 11.3 Å². The lowest BCUT2D eigenvalue weighted by atomic mass is 10.0. The van der Waals surface area contributed by atoms with E-state index in [-0.39, 0.29) is 11.9 Å². The van der Waals surface area contributed by atoms with Crippen LogP contribution in [0.25, 0.3) is 0 Å². The number of carbonyl (C=O) groups excluding carboxylic acids is 1. The minimum absolute atomic E-state index is 0.0220. The molecule has 0 unspecified atom stereocenters. The van der Waals surface area contributed by atoms with Gasteiger partial charge < -0.3 is 10.2 Å². The molecule has 0 aromatic carbocycles. The molecule has 2 N–H and O–H groups in total. The summed E-state index contributed by atoms with van der Waals surface area (Å²) in [5.41, 5.74) is 4.15. The number of likely N-dealkylation sites (tertiary alicyclic amines) is 1. The second-order valence-electron chi connectivity index (χ2n) is 7.57. The first-order chi connectivity index (χ1) is 12.6. The SMILES string of the molecule is Cc1ccsc1CN1CCc2[nH]nc(C(=O)NC3CCN(C)CC3)c2C1. The lowest BCUT2D eigenvalue weighted by Gasteiger charge is -2.29. The average Bonchev–Trinajstić information content (AvgIpc) is 3.23. The van der Waals surface area contributed by atoms with Crippen molar-refractivity contribution in [3.05, 3.63) is 38.8 Å². The number of nitrogens with one attached hydrogen (secondary N) is 2. The van der Waals surface area contributed by atoms with Crippen LogP contribution in [0.15, 0.2) is 11.4 Å². The first-order valence-electron chi connectivity index (χ1n) is 9.41. The molecule has 1 saturated heterocycles. The molecule has 2 aliphatic heterocycles. The molecule has 4 rings (SSSR count). The number of hydrogen-bond acceptors (Lipinski definition) is 5. The number of piperidine rings is 1. The van der Waals surface area contributed by atoms with Crippen LogP contribution in [0.3, 0.4) is 0 Å². The Morgan fingerprint density at radius 1 is 1.38 bits per heavy atom. The van der Waals surface area contributed by atoms with Gasteiger partial charge in [-0.1, -0.05) is 0 Å². The third-order valence-corrected chi connectivity index (χ3v) is 6.62. The summed E-state index contributed by atoms with van der Waals surface area (Å²) < 4.78 is 0. The normalized spacial score (nSPS) is 19.5. The number of thiophene rings is 1. The Morgan fingerprint density at radius 2 is 2.19 bits per heavy atom. The van der Waals surface area contributed by atoms with Crippen LogP contribution in [0.1, 0.15) is 45.0 Å². The van der Waals surface area contributed by atoms with Crippen LogP contribution in [0.5, 0.6) is 0 Å². The van der Waals surface area contributed by atoms with E-state index in [1.165, 1.54) is 10.4 Å². The number of aryl methyl sites for hydroxylation is 1. The number of fused-ring (bicyclic) bond motifs is 1. The molecule has 2 aromatic heterocycles. The van der Waals surface area contributed by atoms with Crippen molar-refractivity contribution < 1.29 is 4.79 Å². The molecule has 26 heavy (non-hydrogen) atoms. The molecule has 0 bridgehead atoms. The number of H-pyrrole nitrogens is 1. The van der Waals surface area contributed by atoms with Crippen molar-refractivity contribution >= 4 is 17.2 Å². The Bertz CT molecular complexity index is 775. The van der Waals surface area contributed by atoms with E-state index < -0.39 is 0 Å². The first-order valence-corrected chi connectivity index (χ1v) is 10.3. The Hall–Kier alpha value is -1.70. The number of amides is 1. The molecule has 140 valence electrons. The molecular formula is C19H27N5OS. The summed E-state index contributed by atoms with van der Waals surface area (Å²) >= 11 is 1.81. The van der Waals surface area contributed by atoms with Gasteiger partial charge in [-0.2, -0.15) is 5.10 Å². The van der Waals surface area contributed by atoms with Gasteiger partial charge in [0.1, 0.15) is 0 Å². The maximum Gasteiger partial charge on any atom is 0.272 e. The Morgan fingerprint density at radius 3 is 2.92 bits per heavy atom. The minimum Gasteiger partial charge on any atom is -0.348 e. The van der Waals surface area contributed by atoms with Crippen molar-refractivity contribution in [3.8, 4) is 0 Å². The Kier molecular flexibility index (Phi) is 5.11.